The molecule has 2 nitrogen and oxygen atoms in total. The van der Waals surface area contributed by atoms with Crippen molar-refractivity contribution in [2.75, 3.05) is 0 Å². The van der Waals surface area contributed by atoms with Crippen molar-refractivity contribution in [3.63, 3.8) is 0 Å². The number of halogens is 1. The summed E-state index contributed by atoms with van der Waals surface area (Å²) in [7, 11) is 0. The van der Waals surface area contributed by atoms with Gasteiger partial charge in [-0.05, 0) is 30.3 Å². The maximum Gasteiger partial charge on any atom is 0.150 e. The lowest BCUT2D eigenvalue weighted by atomic mass is 10.1. The van der Waals surface area contributed by atoms with Crippen LogP contribution in [0.2, 0.25) is 5.02 Å². The zero-order valence-corrected chi connectivity index (χ0v) is 10.1. The Hall–Kier alpha value is -2.06. The SMILES string of the molecule is O=Cc1cccc(-c2cc3cc(Cl)ccc3o2)c1. The number of furan rings is 1. The summed E-state index contributed by atoms with van der Waals surface area (Å²) in [6.07, 6.45) is 0.822. The smallest absolute Gasteiger partial charge is 0.150 e. The monoisotopic (exact) mass is 256 g/mol. The molecular weight excluding hydrogens is 248 g/mol. The number of hydrogen-bond acceptors (Lipinski definition) is 2. The largest absolute Gasteiger partial charge is 0.456 e. The van der Waals surface area contributed by atoms with Gasteiger partial charge in [0.05, 0.1) is 0 Å². The Bertz CT molecular complexity index is 728. The number of carbonyl (C=O) groups is 1. The van der Waals surface area contributed by atoms with E-state index >= 15 is 0 Å². The number of rotatable bonds is 2. The molecule has 0 aliphatic rings. The molecule has 0 radical (unpaired) electrons. The lowest BCUT2D eigenvalue weighted by Crippen LogP contribution is -1.80. The van der Waals surface area contributed by atoms with Gasteiger partial charge in [0.15, 0.2) is 0 Å². The Morgan fingerprint density at radius 3 is 2.78 bits per heavy atom. The Morgan fingerprint density at radius 2 is 1.94 bits per heavy atom. The highest BCUT2D eigenvalue weighted by Crippen LogP contribution is 2.29. The van der Waals surface area contributed by atoms with E-state index in [4.69, 9.17) is 16.0 Å². The fourth-order valence-corrected chi connectivity index (χ4v) is 2.10. The number of aldehydes is 1. The van der Waals surface area contributed by atoms with Gasteiger partial charge in [-0.25, -0.2) is 0 Å². The normalized spacial score (nSPS) is 10.7. The van der Waals surface area contributed by atoms with Crippen molar-refractivity contribution in [2.24, 2.45) is 0 Å². The molecule has 0 unspecified atom stereocenters. The first-order valence-corrected chi connectivity index (χ1v) is 5.89. The number of carbonyl (C=O) groups excluding carboxylic acids is 1. The maximum absolute atomic E-state index is 10.8. The number of fused-ring (bicyclic) bond motifs is 1. The van der Waals surface area contributed by atoms with E-state index in [0.29, 0.717) is 10.6 Å². The van der Waals surface area contributed by atoms with Crippen LogP contribution in [0.15, 0.2) is 52.9 Å². The van der Waals surface area contributed by atoms with Crippen LogP contribution in [0.3, 0.4) is 0 Å². The second-order valence-corrected chi connectivity index (χ2v) is 4.47. The highest BCUT2D eigenvalue weighted by molar-refractivity contribution is 6.31. The molecule has 0 saturated heterocycles. The van der Waals surface area contributed by atoms with Gasteiger partial charge in [0, 0.05) is 21.5 Å². The Labute approximate surface area is 109 Å². The molecule has 3 heteroatoms. The third-order valence-corrected chi connectivity index (χ3v) is 3.02. The minimum Gasteiger partial charge on any atom is -0.456 e. The molecule has 0 amide bonds. The topological polar surface area (TPSA) is 30.2 Å². The van der Waals surface area contributed by atoms with Crippen molar-refractivity contribution in [2.45, 2.75) is 0 Å². The van der Waals surface area contributed by atoms with Gasteiger partial charge in [-0.1, -0.05) is 29.8 Å². The van der Waals surface area contributed by atoms with Crippen molar-refractivity contribution >= 4 is 28.9 Å². The summed E-state index contributed by atoms with van der Waals surface area (Å²) in [6.45, 7) is 0. The lowest BCUT2D eigenvalue weighted by Gasteiger charge is -1.96. The van der Waals surface area contributed by atoms with E-state index in [9.17, 15) is 4.79 Å². The standard InChI is InChI=1S/C15H9ClO2/c16-13-4-5-14-12(7-13)8-15(18-14)11-3-1-2-10(6-11)9-17/h1-9H. The van der Waals surface area contributed by atoms with E-state index in [0.717, 1.165) is 28.6 Å². The van der Waals surface area contributed by atoms with Gasteiger partial charge >= 0.3 is 0 Å². The summed E-state index contributed by atoms with van der Waals surface area (Å²) in [6, 6.07) is 14.7. The highest BCUT2D eigenvalue weighted by atomic mass is 35.5. The Balaban J connectivity index is 2.15. The van der Waals surface area contributed by atoms with Crippen molar-refractivity contribution in [1.82, 2.24) is 0 Å². The van der Waals surface area contributed by atoms with Gasteiger partial charge in [0.1, 0.15) is 17.6 Å². The molecule has 0 spiro atoms. The number of benzene rings is 2. The summed E-state index contributed by atoms with van der Waals surface area (Å²) in [5.41, 5.74) is 2.30. The molecule has 0 N–H and O–H groups in total. The fraction of sp³-hybridized carbons (Fsp3) is 0. The molecule has 88 valence electrons. The van der Waals surface area contributed by atoms with Gasteiger partial charge in [-0.15, -0.1) is 0 Å². The van der Waals surface area contributed by atoms with Crippen molar-refractivity contribution in [3.8, 4) is 11.3 Å². The van der Waals surface area contributed by atoms with E-state index in [1.54, 1.807) is 18.2 Å². The average Bonchev–Trinajstić information content (AvgIpc) is 2.81. The highest BCUT2D eigenvalue weighted by Gasteiger charge is 2.07. The van der Waals surface area contributed by atoms with Crippen LogP contribution in [0.25, 0.3) is 22.3 Å². The molecule has 0 aliphatic carbocycles. The number of hydrogen-bond donors (Lipinski definition) is 0. The first kappa shape index (κ1) is 11.1. The average molecular weight is 257 g/mol. The Kier molecular flexibility index (Phi) is 2.65. The van der Waals surface area contributed by atoms with Crippen molar-refractivity contribution in [1.29, 1.82) is 0 Å². The van der Waals surface area contributed by atoms with Crippen molar-refractivity contribution in [3.05, 3.63) is 59.1 Å². The zero-order chi connectivity index (χ0) is 12.5. The van der Waals surface area contributed by atoms with Crippen LogP contribution in [0, 0.1) is 0 Å². The van der Waals surface area contributed by atoms with Crippen LogP contribution in [0.1, 0.15) is 10.4 Å². The van der Waals surface area contributed by atoms with E-state index in [2.05, 4.69) is 0 Å². The summed E-state index contributed by atoms with van der Waals surface area (Å²) in [4.78, 5) is 10.8. The molecule has 0 bridgehead atoms. The first-order valence-electron chi connectivity index (χ1n) is 5.51. The predicted octanol–water partition coefficient (Wildman–Crippen LogP) is 4.57. The molecule has 0 saturated carbocycles. The molecular formula is C15H9ClO2. The molecule has 1 heterocycles. The molecule has 0 aliphatic heterocycles. The molecule has 3 rings (SSSR count). The van der Waals surface area contributed by atoms with Crippen LogP contribution in [0.5, 0.6) is 0 Å². The van der Waals surface area contributed by atoms with Gasteiger partial charge < -0.3 is 4.42 Å². The van der Waals surface area contributed by atoms with E-state index in [-0.39, 0.29) is 0 Å². The molecule has 3 aromatic rings. The first-order chi connectivity index (χ1) is 8.76. The summed E-state index contributed by atoms with van der Waals surface area (Å²) in [5, 5.41) is 1.63. The van der Waals surface area contributed by atoms with E-state index in [1.807, 2.05) is 30.3 Å². The third-order valence-electron chi connectivity index (χ3n) is 2.79. The Morgan fingerprint density at radius 1 is 1.06 bits per heavy atom. The second kappa shape index (κ2) is 4.31. The second-order valence-electron chi connectivity index (χ2n) is 4.04. The van der Waals surface area contributed by atoms with Gasteiger partial charge in [0.2, 0.25) is 0 Å². The molecule has 2 aromatic carbocycles. The summed E-state index contributed by atoms with van der Waals surface area (Å²) in [5.74, 6) is 0.732. The van der Waals surface area contributed by atoms with Crippen LogP contribution < -0.4 is 0 Å². The molecule has 0 atom stereocenters. The quantitative estimate of drug-likeness (QED) is 0.629. The van der Waals surface area contributed by atoms with Gasteiger partial charge in [-0.2, -0.15) is 0 Å². The molecule has 0 fully saturated rings. The van der Waals surface area contributed by atoms with Crippen LogP contribution in [0.4, 0.5) is 0 Å². The van der Waals surface area contributed by atoms with Crippen LogP contribution in [-0.2, 0) is 0 Å². The predicted molar refractivity (Wildman–Crippen MR) is 72.0 cm³/mol. The summed E-state index contributed by atoms with van der Waals surface area (Å²) < 4.78 is 5.73. The molecule has 1 aromatic heterocycles. The van der Waals surface area contributed by atoms with E-state index in [1.165, 1.54) is 0 Å². The van der Waals surface area contributed by atoms with Crippen molar-refractivity contribution < 1.29 is 9.21 Å². The summed E-state index contributed by atoms with van der Waals surface area (Å²) >= 11 is 5.93. The zero-order valence-electron chi connectivity index (χ0n) is 9.39. The third kappa shape index (κ3) is 1.91. The minimum absolute atomic E-state index is 0.631. The van der Waals surface area contributed by atoms with Gasteiger partial charge in [0.25, 0.3) is 0 Å². The fourth-order valence-electron chi connectivity index (χ4n) is 1.92. The van der Waals surface area contributed by atoms with E-state index < -0.39 is 0 Å². The maximum atomic E-state index is 10.8. The van der Waals surface area contributed by atoms with Gasteiger partial charge in [-0.3, -0.25) is 4.79 Å². The molecule has 18 heavy (non-hydrogen) atoms. The van der Waals surface area contributed by atoms with Crippen LogP contribution in [-0.4, -0.2) is 6.29 Å². The van der Waals surface area contributed by atoms with Crippen LogP contribution >= 0.6 is 11.6 Å². The lowest BCUT2D eigenvalue weighted by molar-refractivity contribution is 0.112. The minimum atomic E-state index is 0.631.